The molecule has 1 amide bonds. The van der Waals surface area contributed by atoms with E-state index in [0.717, 1.165) is 12.1 Å². The highest BCUT2D eigenvalue weighted by Gasteiger charge is 2.66. The summed E-state index contributed by atoms with van der Waals surface area (Å²) in [6, 6.07) is 9.51. The predicted octanol–water partition coefficient (Wildman–Crippen LogP) is 4.08. The van der Waals surface area contributed by atoms with Crippen molar-refractivity contribution >= 4 is 17.6 Å². The van der Waals surface area contributed by atoms with Gasteiger partial charge in [-0.2, -0.15) is 17.6 Å². The first kappa shape index (κ1) is 19.0. The van der Waals surface area contributed by atoms with E-state index >= 15 is 0 Å². The number of carbonyl (C=O) groups excluding carboxylic acids is 1. The van der Waals surface area contributed by atoms with E-state index in [1.54, 1.807) is 6.07 Å². The number of halogens is 4. The van der Waals surface area contributed by atoms with Gasteiger partial charge in [-0.05, 0) is 42.2 Å². The van der Waals surface area contributed by atoms with Crippen LogP contribution in [0.15, 0.2) is 42.5 Å². The average molecular weight is 411 g/mol. The predicted molar refractivity (Wildman–Crippen MR) is 90.5 cm³/mol. The van der Waals surface area contributed by atoms with Crippen molar-refractivity contribution < 1.29 is 41.7 Å². The van der Waals surface area contributed by atoms with Crippen LogP contribution in [0.4, 0.5) is 23.2 Å². The summed E-state index contributed by atoms with van der Waals surface area (Å²) < 4.78 is 61.3. The third-order valence-electron chi connectivity index (χ3n) is 4.75. The normalized spacial score (nSPS) is 23.2. The van der Waals surface area contributed by atoms with Gasteiger partial charge in [0.05, 0.1) is 11.3 Å². The molecule has 0 spiro atoms. The molecule has 4 rings (SSSR count). The van der Waals surface area contributed by atoms with Crippen molar-refractivity contribution in [3.05, 3.63) is 53.6 Å². The molecule has 2 aliphatic rings. The Morgan fingerprint density at radius 3 is 2.34 bits per heavy atom. The maximum Gasteiger partial charge on any atom is 0.507 e. The first-order chi connectivity index (χ1) is 13.6. The fourth-order valence-electron chi connectivity index (χ4n) is 3.17. The van der Waals surface area contributed by atoms with Gasteiger partial charge >= 0.3 is 18.2 Å². The van der Waals surface area contributed by atoms with Crippen molar-refractivity contribution in [2.75, 3.05) is 5.32 Å². The van der Waals surface area contributed by atoms with E-state index in [1.807, 2.05) is 0 Å². The Kier molecular flexibility index (Phi) is 4.18. The molecule has 2 aromatic rings. The Balaban J connectivity index is 1.49. The number of aromatic carboxylic acids is 1. The van der Waals surface area contributed by atoms with Crippen molar-refractivity contribution in [2.24, 2.45) is 5.92 Å². The molecule has 2 N–H and O–H groups in total. The lowest BCUT2D eigenvalue weighted by molar-refractivity contribution is -0.391. The molecule has 1 aliphatic heterocycles. The summed E-state index contributed by atoms with van der Waals surface area (Å²) >= 11 is 0. The number of rotatable bonds is 4. The third kappa shape index (κ3) is 3.34. The number of benzene rings is 2. The first-order valence-corrected chi connectivity index (χ1v) is 8.50. The molecule has 2 unspecified atom stereocenters. The van der Waals surface area contributed by atoms with E-state index in [-0.39, 0.29) is 17.2 Å². The molecule has 2 atom stereocenters. The maximum atomic E-state index is 13.4. The molecule has 152 valence electrons. The second-order valence-electron chi connectivity index (χ2n) is 6.73. The topological polar surface area (TPSA) is 84.9 Å². The monoisotopic (exact) mass is 411 g/mol. The molecule has 10 heteroatoms. The van der Waals surface area contributed by atoms with Gasteiger partial charge in [-0.25, -0.2) is 4.79 Å². The van der Waals surface area contributed by atoms with E-state index in [0.29, 0.717) is 12.0 Å². The van der Waals surface area contributed by atoms with Crippen LogP contribution < -0.4 is 14.8 Å². The highest BCUT2D eigenvalue weighted by Crippen LogP contribution is 2.52. The van der Waals surface area contributed by atoms with Crippen LogP contribution in [0.2, 0.25) is 0 Å². The standard InChI is InChI=1S/C19H13F4NO5/c20-18(21)19(22,23)29-15-7-9(5-6-14(15)28-18)11-8-12(11)16(25)24-13-4-2-1-3-10(13)17(26)27/h1-7,11-12H,8H2,(H,24,25)(H,26,27). The van der Waals surface area contributed by atoms with Gasteiger partial charge in [-0.3, -0.25) is 4.79 Å². The minimum absolute atomic E-state index is 0.0689. The molecule has 29 heavy (non-hydrogen) atoms. The molecule has 0 bridgehead atoms. The largest absolute Gasteiger partial charge is 0.507 e. The van der Waals surface area contributed by atoms with E-state index < -0.39 is 41.5 Å². The number of para-hydroxylation sites is 1. The van der Waals surface area contributed by atoms with Crippen molar-refractivity contribution in [1.29, 1.82) is 0 Å². The van der Waals surface area contributed by atoms with Crippen molar-refractivity contribution in [1.82, 2.24) is 0 Å². The Morgan fingerprint density at radius 2 is 1.66 bits per heavy atom. The van der Waals surface area contributed by atoms with Crippen LogP contribution >= 0.6 is 0 Å². The van der Waals surface area contributed by atoms with Crippen molar-refractivity contribution in [3.8, 4) is 11.5 Å². The Morgan fingerprint density at radius 1 is 1.00 bits per heavy atom. The zero-order valence-corrected chi connectivity index (χ0v) is 14.5. The number of carbonyl (C=O) groups is 2. The highest BCUT2D eigenvalue weighted by atomic mass is 19.3. The van der Waals surface area contributed by atoms with Crippen molar-refractivity contribution in [3.63, 3.8) is 0 Å². The lowest BCUT2D eigenvalue weighted by Gasteiger charge is -2.32. The van der Waals surface area contributed by atoms with Crippen LogP contribution in [0, 0.1) is 5.92 Å². The molecule has 0 radical (unpaired) electrons. The molecular formula is C19H13F4NO5. The Bertz CT molecular complexity index is 1010. The number of nitrogens with one attached hydrogen (secondary N) is 1. The fraction of sp³-hybridized carbons (Fsp3) is 0.263. The zero-order valence-electron chi connectivity index (χ0n) is 14.5. The fourth-order valence-corrected chi connectivity index (χ4v) is 3.17. The van der Waals surface area contributed by atoms with Crippen LogP contribution in [-0.2, 0) is 4.79 Å². The van der Waals surface area contributed by atoms with Gasteiger partial charge in [0, 0.05) is 5.92 Å². The number of fused-ring (bicyclic) bond motifs is 1. The van der Waals surface area contributed by atoms with Gasteiger partial charge in [0.15, 0.2) is 11.5 Å². The zero-order chi connectivity index (χ0) is 21.0. The lowest BCUT2D eigenvalue weighted by Crippen LogP contribution is -2.52. The van der Waals surface area contributed by atoms with Crippen LogP contribution in [0.3, 0.4) is 0 Å². The highest BCUT2D eigenvalue weighted by molar-refractivity contribution is 6.02. The molecule has 1 aliphatic carbocycles. The van der Waals surface area contributed by atoms with Gasteiger partial charge in [0.1, 0.15) is 0 Å². The molecule has 1 saturated carbocycles. The number of carboxylic acids is 1. The molecule has 0 aromatic heterocycles. The number of carboxylic acid groups (broad SMARTS) is 1. The summed E-state index contributed by atoms with van der Waals surface area (Å²) in [4.78, 5) is 23.6. The summed E-state index contributed by atoms with van der Waals surface area (Å²) in [7, 11) is 0. The molecular weight excluding hydrogens is 398 g/mol. The Hall–Kier alpha value is -3.30. The van der Waals surface area contributed by atoms with Crippen LogP contribution in [0.1, 0.15) is 28.3 Å². The van der Waals surface area contributed by atoms with E-state index in [1.165, 1.54) is 24.3 Å². The number of ether oxygens (including phenoxy) is 2. The summed E-state index contributed by atoms with van der Waals surface area (Å²) in [5.41, 5.74) is 0.514. The quantitative estimate of drug-likeness (QED) is 0.741. The number of hydrogen-bond acceptors (Lipinski definition) is 4. The van der Waals surface area contributed by atoms with Crippen molar-refractivity contribution in [2.45, 2.75) is 24.6 Å². The molecule has 2 aromatic carbocycles. The second kappa shape index (κ2) is 6.36. The lowest BCUT2D eigenvalue weighted by atomic mass is 10.1. The minimum atomic E-state index is -4.82. The minimum Gasteiger partial charge on any atom is -0.478 e. The molecule has 6 nitrogen and oxygen atoms in total. The number of amides is 1. The van der Waals surface area contributed by atoms with E-state index in [2.05, 4.69) is 14.8 Å². The summed E-state index contributed by atoms with van der Waals surface area (Å²) in [6.07, 6.45) is -9.23. The summed E-state index contributed by atoms with van der Waals surface area (Å²) in [5, 5.41) is 11.7. The number of anilines is 1. The first-order valence-electron chi connectivity index (χ1n) is 8.50. The second-order valence-corrected chi connectivity index (χ2v) is 6.73. The van der Waals surface area contributed by atoms with Crippen LogP contribution in [0.5, 0.6) is 11.5 Å². The van der Waals surface area contributed by atoms with Crippen LogP contribution in [-0.4, -0.2) is 29.2 Å². The summed E-state index contributed by atoms with van der Waals surface area (Å²) in [6.45, 7) is 0. The van der Waals surface area contributed by atoms with Gasteiger partial charge in [-0.15, -0.1) is 0 Å². The number of hydrogen-bond donors (Lipinski definition) is 2. The van der Waals surface area contributed by atoms with Gasteiger partial charge in [0.25, 0.3) is 0 Å². The smallest absolute Gasteiger partial charge is 0.478 e. The number of alkyl halides is 4. The summed E-state index contributed by atoms with van der Waals surface area (Å²) in [5.74, 6) is -3.58. The molecule has 1 heterocycles. The van der Waals surface area contributed by atoms with Gasteiger partial charge in [0.2, 0.25) is 5.91 Å². The Labute approximate surface area is 161 Å². The van der Waals surface area contributed by atoms with Gasteiger partial charge in [-0.1, -0.05) is 18.2 Å². The van der Waals surface area contributed by atoms with E-state index in [9.17, 15) is 27.2 Å². The van der Waals surface area contributed by atoms with Crippen LogP contribution in [0.25, 0.3) is 0 Å². The molecule has 0 saturated heterocycles. The SMILES string of the molecule is O=C(O)c1ccccc1NC(=O)C1CC1c1ccc2c(c1)OC(F)(F)C(F)(F)O2. The molecule has 1 fully saturated rings. The third-order valence-corrected chi connectivity index (χ3v) is 4.75. The maximum absolute atomic E-state index is 13.4. The average Bonchev–Trinajstić information content (AvgIpc) is 3.43. The van der Waals surface area contributed by atoms with E-state index in [4.69, 9.17) is 5.11 Å². The van der Waals surface area contributed by atoms with Gasteiger partial charge < -0.3 is 19.9 Å².